The highest BCUT2D eigenvalue weighted by molar-refractivity contribution is 7.98. The number of nitriles is 2. The number of amides is 3. The van der Waals surface area contributed by atoms with E-state index in [1.165, 1.54) is 43.9 Å². The fraction of sp³-hybridized carbons (Fsp3) is 0.395. The minimum atomic E-state index is -1.03. The first-order valence-electron chi connectivity index (χ1n) is 19.5. The molecular formula is C43H47ClN8O7S2. The zero-order valence-corrected chi connectivity index (χ0v) is 37.1. The molecular weight excluding hydrogens is 840 g/mol. The molecule has 3 heterocycles. The van der Waals surface area contributed by atoms with E-state index < -0.39 is 47.6 Å². The first-order chi connectivity index (χ1) is 29.1. The Morgan fingerprint density at radius 2 is 1.46 bits per heavy atom. The van der Waals surface area contributed by atoms with Gasteiger partial charge in [-0.05, 0) is 84.2 Å². The Balaban J connectivity index is 1.18. The van der Waals surface area contributed by atoms with Crippen molar-refractivity contribution in [1.82, 2.24) is 25.9 Å². The lowest BCUT2D eigenvalue weighted by atomic mass is 9.96. The highest BCUT2D eigenvalue weighted by Gasteiger charge is 2.28. The maximum atomic E-state index is 12.7. The third kappa shape index (κ3) is 12.8. The van der Waals surface area contributed by atoms with Gasteiger partial charge >= 0.3 is 12.1 Å². The van der Waals surface area contributed by atoms with Crippen LogP contribution in [0.5, 0.6) is 5.75 Å². The van der Waals surface area contributed by atoms with Gasteiger partial charge in [-0.1, -0.05) is 47.6 Å². The molecule has 1 aliphatic rings. The number of halogens is 1. The van der Waals surface area contributed by atoms with Crippen molar-refractivity contribution < 1.29 is 33.4 Å². The van der Waals surface area contributed by atoms with Crippen molar-refractivity contribution in [3.63, 3.8) is 0 Å². The van der Waals surface area contributed by atoms with Crippen molar-refractivity contribution in [3.8, 4) is 39.6 Å². The molecule has 1 aliphatic heterocycles. The minimum Gasteiger partial charge on any atom is -0.490 e. The number of esters is 1. The second-order valence-corrected chi connectivity index (χ2v) is 17.4. The summed E-state index contributed by atoms with van der Waals surface area (Å²) in [4.78, 5) is 61.6. The molecule has 1 saturated heterocycles. The molecule has 0 bridgehead atoms. The summed E-state index contributed by atoms with van der Waals surface area (Å²) >= 11 is 8.99. The summed E-state index contributed by atoms with van der Waals surface area (Å²) in [7, 11) is 0. The molecule has 18 heteroatoms. The van der Waals surface area contributed by atoms with Gasteiger partial charge in [-0.3, -0.25) is 9.59 Å². The van der Waals surface area contributed by atoms with Gasteiger partial charge < -0.3 is 35.1 Å². The zero-order valence-electron chi connectivity index (χ0n) is 34.7. The molecule has 3 N–H and O–H groups in total. The van der Waals surface area contributed by atoms with Crippen LogP contribution in [0.3, 0.4) is 0 Å². The number of carbonyl (C=O) groups is 4. The molecule has 0 aliphatic carbocycles. The third-order valence-electron chi connectivity index (χ3n) is 9.10. The van der Waals surface area contributed by atoms with Crippen LogP contribution in [0.2, 0.25) is 5.02 Å². The lowest BCUT2D eigenvalue weighted by Gasteiger charge is -2.23. The van der Waals surface area contributed by atoms with Gasteiger partial charge in [0, 0.05) is 40.4 Å². The zero-order chi connectivity index (χ0) is 44.3. The van der Waals surface area contributed by atoms with Crippen molar-refractivity contribution in [2.24, 2.45) is 0 Å². The van der Waals surface area contributed by atoms with Gasteiger partial charge in [-0.25, -0.2) is 19.6 Å². The summed E-state index contributed by atoms with van der Waals surface area (Å²) in [6.45, 7) is 10.8. The van der Waals surface area contributed by atoms with Crippen LogP contribution >= 0.6 is 34.7 Å². The van der Waals surface area contributed by atoms with Crippen LogP contribution in [0.1, 0.15) is 71.2 Å². The molecule has 0 spiro atoms. The predicted octanol–water partition coefficient (Wildman–Crippen LogP) is 7.01. The smallest absolute Gasteiger partial charge is 0.408 e. The molecule has 3 atom stereocenters. The molecule has 3 unspecified atom stereocenters. The molecule has 2 aromatic carbocycles. The summed E-state index contributed by atoms with van der Waals surface area (Å²) in [5.41, 5.74) is 2.79. The van der Waals surface area contributed by atoms with Crippen LogP contribution in [0.15, 0.2) is 58.9 Å². The Bertz CT molecular complexity index is 2300. The van der Waals surface area contributed by atoms with E-state index in [0.717, 1.165) is 42.2 Å². The number of aromatic nitrogens is 2. The number of hydrogen-bond acceptors (Lipinski definition) is 14. The highest BCUT2D eigenvalue weighted by Crippen LogP contribution is 2.40. The van der Waals surface area contributed by atoms with Crippen molar-refractivity contribution >= 4 is 64.4 Å². The first-order valence-corrected chi connectivity index (χ1v) is 21.8. The van der Waals surface area contributed by atoms with Crippen LogP contribution < -0.4 is 25.6 Å². The number of rotatable bonds is 16. The van der Waals surface area contributed by atoms with E-state index in [-0.39, 0.29) is 13.2 Å². The summed E-state index contributed by atoms with van der Waals surface area (Å²) in [6.07, 6.45) is 1.17. The fourth-order valence-electron chi connectivity index (χ4n) is 6.05. The van der Waals surface area contributed by atoms with Gasteiger partial charge in [-0.2, -0.15) is 10.5 Å². The normalized spacial score (nSPS) is 13.8. The molecule has 4 aromatic rings. The Hall–Kier alpha value is -5.88. The first kappa shape index (κ1) is 46.2. The van der Waals surface area contributed by atoms with Gasteiger partial charge in [0.05, 0.1) is 11.3 Å². The summed E-state index contributed by atoms with van der Waals surface area (Å²) < 4.78 is 16.3. The fourth-order valence-corrected chi connectivity index (χ4v) is 7.98. The lowest BCUT2D eigenvalue weighted by molar-refractivity contribution is -0.148. The Kier molecular flexibility index (Phi) is 16.0. The molecule has 320 valence electrons. The van der Waals surface area contributed by atoms with Crippen LogP contribution in [0.25, 0.3) is 21.7 Å². The number of nitrogens with zero attached hydrogens (tertiary/aromatic N) is 5. The number of alkyl carbamates (subject to hydrolysis) is 1. The maximum absolute atomic E-state index is 12.7. The Morgan fingerprint density at radius 1 is 0.852 bits per heavy atom. The van der Waals surface area contributed by atoms with Crippen molar-refractivity contribution in [2.45, 2.75) is 88.9 Å². The number of hydrogen-bond donors (Lipinski definition) is 3. The van der Waals surface area contributed by atoms with E-state index in [1.807, 2.05) is 29.6 Å². The van der Waals surface area contributed by atoms with Gasteiger partial charge in [0.2, 0.25) is 11.8 Å². The monoisotopic (exact) mass is 886 g/mol. The van der Waals surface area contributed by atoms with Gasteiger partial charge in [0.15, 0.2) is 0 Å². The van der Waals surface area contributed by atoms with E-state index in [0.29, 0.717) is 49.6 Å². The summed E-state index contributed by atoms with van der Waals surface area (Å²) in [6, 6.07) is 16.1. The van der Waals surface area contributed by atoms with E-state index in [2.05, 4.69) is 33.0 Å². The lowest BCUT2D eigenvalue weighted by Crippen LogP contribution is -2.54. The Morgan fingerprint density at radius 3 is 2.08 bits per heavy atom. The molecule has 1 fully saturated rings. The molecule has 15 nitrogen and oxygen atoms in total. The summed E-state index contributed by atoms with van der Waals surface area (Å²) in [5, 5.41) is 32.4. The van der Waals surface area contributed by atoms with E-state index in [4.69, 9.17) is 35.8 Å². The summed E-state index contributed by atoms with van der Waals surface area (Å²) in [5.74, 6) is -0.489. The number of pyridine rings is 1. The van der Waals surface area contributed by atoms with Crippen LogP contribution in [-0.4, -0.2) is 83.9 Å². The molecule has 5 rings (SSSR count). The van der Waals surface area contributed by atoms with E-state index in [9.17, 15) is 29.7 Å². The van der Waals surface area contributed by atoms with Crippen LogP contribution in [-0.2, 0) is 29.6 Å². The second-order valence-electron chi connectivity index (χ2n) is 15.1. The average molecular weight is 887 g/mol. The number of thioether (sulfide) groups is 1. The molecule has 3 amide bonds. The van der Waals surface area contributed by atoms with Gasteiger partial charge in [0.25, 0.3) is 0 Å². The van der Waals surface area contributed by atoms with E-state index in [1.54, 1.807) is 45.0 Å². The minimum absolute atomic E-state index is 0.000847. The van der Waals surface area contributed by atoms with Gasteiger partial charge in [-0.15, -0.1) is 11.3 Å². The van der Waals surface area contributed by atoms with Crippen molar-refractivity contribution in [2.75, 3.05) is 31.2 Å². The second kappa shape index (κ2) is 21.1. The predicted molar refractivity (Wildman–Crippen MR) is 233 cm³/mol. The van der Waals surface area contributed by atoms with Crippen molar-refractivity contribution in [3.05, 3.63) is 75.8 Å². The Labute approximate surface area is 368 Å². The SMILES string of the molecule is CC(NC(=O)OC(C)(C)C)C(=O)NC(C)C(=O)NC(C)C(=O)OCCOc1ccc(-c2c(C#N)c(SCc3csc(-c4ccc(Cl)cc4)n3)nc(N3CCCC3)c2C#N)cc1. The third-order valence-corrected chi connectivity index (χ3v) is 11.3. The number of benzene rings is 2. The topological polar surface area (TPSA) is 209 Å². The number of nitrogens with one attached hydrogen (secondary N) is 3. The van der Waals surface area contributed by atoms with Gasteiger partial charge in [0.1, 0.15) is 76.2 Å². The number of anilines is 1. The largest absolute Gasteiger partial charge is 0.490 e. The number of ether oxygens (including phenoxy) is 3. The highest BCUT2D eigenvalue weighted by atomic mass is 35.5. The standard InChI is InChI=1S/C43H47ClN8O7S2/c1-25(47-38(54)26(2)49-42(56)59-43(4,5)6)37(53)48-27(3)41(55)58-20-19-57-32-15-11-28(12-16-32)35-33(21-45)36(52-17-7-8-18-52)51-40(34(35)22-46)61-24-31-23-60-39(50-31)29-9-13-30(44)14-10-29/h9-16,23,25-27H,7-8,17-20,24H2,1-6H3,(H,47,54)(H,48,53)(H,49,56). The van der Waals surface area contributed by atoms with Crippen LogP contribution in [0, 0.1) is 22.7 Å². The average Bonchev–Trinajstić information content (AvgIpc) is 3.94. The molecule has 0 radical (unpaired) electrons. The van der Waals surface area contributed by atoms with Crippen molar-refractivity contribution in [1.29, 1.82) is 10.5 Å². The number of thiazole rings is 1. The molecule has 0 saturated carbocycles. The van der Waals surface area contributed by atoms with Crippen LogP contribution in [0.4, 0.5) is 10.6 Å². The quantitative estimate of drug-likeness (QED) is 0.0589. The maximum Gasteiger partial charge on any atom is 0.408 e. The molecule has 61 heavy (non-hydrogen) atoms. The van der Waals surface area contributed by atoms with E-state index >= 15 is 0 Å². The number of carbonyl (C=O) groups excluding carboxylic acids is 4. The molecule has 2 aromatic heterocycles.